The van der Waals surface area contributed by atoms with Gasteiger partial charge in [-0.2, -0.15) is 0 Å². The number of benzene rings is 6. The Balaban J connectivity index is 1.56. The zero-order chi connectivity index (χ0) is 37.8. The number of anilines is 3. The number of hydrogen-bond donors (Lipinski definition) is 0. The summed E-state index contributed by atoms with van der Waals surface area (Å²) in [7, 11) is 0. The van der Waals surface area contributed by atoms with Gasteiger partial charge in [-0.1, -0.05) is 138 Å². The highest BCUT2D eigenvalue weighted by Gasteiger charge is 2.20. The first-order chi connectivity index (χ1) is 25.6. The molecule has 0 unspecified atom stereocenters. The van der Waals surface area contributed by atoms with Gasteiger partial charge >= 0.3 is 0 Å². The van der Waals surface area contributed by atoms with Gasteiger partial charge in [0.15, 0.2) is 0 Å². The number of rotatable bonds is 12. The van der Waals surface area contributed by atoms with Crippen molar-refractivity contribution in [1.29, 1.82) is 0 Å². The highest BCUT2D eigenvalue weighted by molar-refractivity contribution is 5.85. The Morgan fingerprint density at radius 3 is 0.981 bits per heavy atom. The molecule has 0 aliphatic heterocycles. The quantitative estimate of drug-likeness (QED) is 0.123. The lowest BCUT2D eigenvalue weighted by atomic mass is 9.88. The fourth-order valence-electron chi connectivity index (χ4n) is 8.23. The van der Waals surface area contributed by atoms with Crippen molar-refractivity contribution in [2.75, 3.05) is 4.90 Å². The molecule has 1 heteroatoms. The first kappa shape index (κ1) is 37.9. The molecule has 0 amide bonds. The molecule has 0 saturated heterocycles. The van der Waals surface area contributed by atoms with E-state index in [-0.39, 0.29) is 0 Å². The first-order valence-corrected chi connectivity index (χ1v) is 20.1. The smallest absolute Gasteiger partial charge is 0.0464 e. The number of hydrogen-bond acceptors (Lipinski definition) is 1. The maximum atomic E-state index is 2.50. The Hall–Kier alpha value is -4.88. The molecule has 0 aliphatic carbocycles. The zero-order valence-corrected chi connectivity index (χ0v) is 34.0. The molecule has 6 rings (SSSR count). The van der Waals surface area contributed by atoms with Gasteiger partial charge in [0.25, 0.3) is 0 Å². The lowest BCUT2D eigenvalue weighted by Gasteiger charge is -2.29. The maximum absolute atomic E-state index is 2.50. The summed E-state index contributed by atoms with van der Waals surface area (Å²) in [5.41, 5.74) is 24.0. The summed E-state index contributed by atoms with van der Waals surface area (Å²) < 4.78 is 0. The van der Waals surface area contributed by atoms with Gasteiger partial charge in [0.05, 0.1) is 0 Å². The minimum atomic E-state index is 0.450. The van der Waals surface area contributed by atoms with Crippen molar-refractivity contribution in [3.63, 3.8) is 0 Å². The van der Waals surface area contributed by atoms with Crippen LogP contribution in [-0.4, -0.2) is 0 Å². The first-order valence-electron chi connectivity index (χ1n) is 20.1. The molecule has 0 spiro atoms. The van der Waals surface area contributed by atoms with Crippen molar-refractivity contribution in [3.8, 4) is 33.4 Å². The van der Waals surface area contributed by atoms with Gasteiger partial charge in [0, 0.05) is 17.1 Å². The fourth-order valence-corrected chi connectivity index (χ4v) is 8.23. The molecule has 0 aliphatic rings. The molecule has 0 aromatic heterocycles. The van der Waals surface area contributed by atoms with Crippen molar-refractivity contribution >= 4 is 17.1 Å². The molecule has 0 atom stereocenters. The third-order valence-corrected chi connectivity index (χ3v) is 11.2. The molecule has 6 aromatic carbocycles. The Kier molecular flexibility index (Phi) is 11.7. The molecule has 53 heavy (non-hydrogen) atoms. The van der Waals surface area contributed by atoms with E-state index >= 15 is 0 Å². The molecule has 272 valence electrons. The largest absolute Gasteiger partial charge is 0.310 e. The lowest BCUT2D eigenvalue weighted by molar-refractivity contribution is 0.866. The van der Waals surface area contributed by atoms with Crippen LogP contribution in [0.1, 0.15) is 104 Å². The predicted octanol–water partition coefficient (Wildman–Crippen LogP) is 15.0. The molecule has 1 nitrogen and oxygen atoms in total. The minimum Gasteiger partial charge on any atom is -0.310 e. The third-order valence-electron chi connectivity index (χ3n) is 11.2. The van der Waals surface area contributed by atoms with Crippen LogP contribution in [0.25, 0.3) is 33.4 Å². The van der Waals surface area contributed by atoms with Crippen LogP contribution in [0.15, 0.2) is 109 Å². The standard InChI is InChI=1S/C52H59N/c1-11-38-28-35(8)16-22-46(38)48-25-19-43(31-40(48)13-3)53(44-20-26-49(41(14-4)32-44)47-23-17-36(9)29-39(47)12-2)45-21-27-50(42(15-5)33-45)51-24-18-37(10)30-52(51)34(6)7/h16-34H,11-15H2,1-10H3. The monoisotopic (exact) mass is 697 g/mol. The lowest BCUT2D eigenvalue weighted by Crippen LogP contribution is -2.12. The van der Waals surface area contributed by atoms with E-state index in [9.17, 15) is 0 Å². The summed E-state index contributed by atoms with van der Waals surface area (Å²) >= 11 is 0. The van der Waals surface area contributed by atoms with E-state index in [0.717, 1.165) is 32.1 Å². The molecule has 0 N–H and O–H groups in total. The second-order valence-corrected chi connectivity index (χ2v) is 15.2. The average Bonchev–Trinajstić information content (AvgIpc) is 3.17. The van der Waals surface area contributed by atoms with Crippen LogP contribution in [0, 0.1) is 20.8 Å². The van der Waals surface area contributed by atoms with Crippen LogP contribution in [0.4, 0.5) is 17.1 Å². The summed E-state index contributed by atoms with van der Waals surface area (Å²) in [6.45, 7) is 22.6. The third kappa shape index (κ3) is 7.77. The second kappa shape index (κ2) is 16.4. The van der Waals surface area contributed by atoms with Gasteiger partial charge in [-0.25, -0.2) is 0 Å². The Bertz CT molecular complexity index is 2130. The topological polar surface area (TPSA) is 3.24 Å². The molecule has 0 saturated carbocycles. The van der Waals surface area contributed by atoms with E-state index in [2.05, 4.69) is 183 Å². The average molecular weight is 698 g/mol. The Morgan fingerprint density at radius 1 is 0.358 bits per heavy atom. The molecule has 0 heterocycles. The summed E-state index contributed by atoms with van der Waals surface area (Å²) in [5.74, 6) is 0.450. The van der Waals surface area contributed by atoms with Gasteiger partial charge in [-0.05, 0) is 162 Å². The van der Waals surface area contributed by atoms with Crippen LogP contribution in [0.5, 0.6) is 0 Å². The van der Waals surface area contributed by atoms with Gasteiger partial charge in [-0.3, -0.25) is 0 Å². The van der Waals surface area contributed by atoms with Crippen molar-refractivity contribution in [1.82, 2.24) is 0 Å². The Labute approximate surface area is 320 Å². The maximum Gasteiger partial charge on any atom is 0.0464 e. The van der Waals surface area contributed by atoms with E-state index in [0.29, 0.717) is 5.92 Å². The van der Waals surface area contributed by atoms with Crippen LogP contribution >= 0.6 is 0 Å². The van der Waals surface area contributed by atoms with Crippen LogP contribution in [-0.2, 0) is 32.1 Å². The highest BCUT2D eigenvalue weighted by Crippen LogP contribution is 2.43. The summed E-state index contributed by atoms with van der Waals surface area (Å²) in [6.07, 6.45) is 4.93. The predicted molar refractivity (Wildman–Crippen MR) is 233 cm³/mol. The van der Waals surface area contributed by atoms with Gasteiger partial charge in [0.2, 0.25) is 0 Å². The van der Waals surface area contributed by atoms with Crippen LogP contribution in [0.2, 0.25) is 0 Å². The SMILES string of the molecule is CCc1cc(C)ccc1-c1ccc(N(c2ccc(-c3ccc(C)cc3CC)c(CC)c2)c2ccc(-c3ccc(C)cc3C(C)C)c(CC)c2)cc1CC. The zero-order valence-electron chi connectivity index (χ0n) is 34.0. The van der Waals surface area contributed by atoms with Crippen molar-refractivity contribution < 1.29 is 0 Å². The van der Waals surface area contributed by atoms with E-state index < -0.39 is 0 Å². The van der Waals surface area contributed by atoms with Crippen LogP contribution < -0.4 is 4.90 Å². The summed E-state index contributed by atoms with van der Waals surface area (Å²) in [5, 5.41) is 0. The van der Waals surface area contributed by atoms with Gasteiger partial charge < -0.3 is 4.90 Å². The highest BCUT2D eigenvalue weighted by atomic mass is 15.1. The minimum absolute atomic E-state index is 0.450. The molecule has 0 bridgehead atoms. The van der Waals surface area contributed by atoms with Crippen molar-refractivity contribution in [3.05, 3.63) is 159 Å². The van der Waals surface area contributed by atoms with E-state index in [1.807, 2.05) is 0 Å². The number of nitrogens with zero attached hydrogens (tertiary/aromatic N) is 1. The molecule has 6 aromatic rings. The number of aryl methyl sites for hydroxylation is 8. The molecular weight excluding hydrogens is 639 g/mol. The Morgan fingerprint density at radius 2 is 0.642 bits per heavy atom. The fraction of sp³-hybridized carbons (Fsp3) is 0.308. The van der Waals surface area contributed by atoms with Gasteiger partial charge in [-0.15, -0.1) is 0 Å². The van der Waals surface area contributed by atoms with Crippen molar-refractivity contribution in [2.45, 2.75) is 107 Å². The van der Waals surface area contributed by atoms with E-state index in [1.165, 1.54) is 101 Å². The normalized spacial score (nSPS) is 11.4. The summed E-state index contributed by atoms with van der Waals surface area (Å²) in [6, 6.07) is 42.3. The van der Waals surface area contributed by atoms with Crippen molar-refractivity contribution in [2.24, 2.45) is 0 Å². The van der Waals surface area contributed by atoms with E-state index in [1.54, 1.807) is 0 Å². The molecular formula is C52H59N. The second-order valence-electron chi connectivity index (χ2n) is 15.2. The van der Waals surface area contributed by atoms with E-state index in [4.69, 9.17) is 0 Å². The van der Waals surface area contributed by atoms with Gasteiger partial charge in [0.1, 0.15) is 0 Å². The molecule has 0 fully saturated rings. The van der Waals surface area contributed by atoms with Crippen LogP contribution in [0.3, 0.4) is 0 Å². The summed E-state index contributed by atoms with van der Waals surface area (Å²) in [4.78, 5) is 2.50. The molecule has 0 radical (unpaired) electrons.